The first-order valence-electron chi connectivity index (χ1n) is 7.12. The quantitative estimate of drug-likeness (QED) is 0.833. The molecule has 1 aromatic rings. The van der Waals surface area contributed by atoms with Gasteiger partial charge in [0.1, 0.15) is 5.82 Å². The molecule has 1 fully saturated rings. The maximum absolute atomic E-state index is 13.1. The molecule has 3 nitrogen and oxygen atoms in total. The number of hydrogen-bond donors (Lipinski definition) is 1. The summed E-state index contributed by atoms with van der Waals surface area (Å²) in [6, 6.07) is 4.31. The van der Waals surface area contributed by atoms with Crippen molar-refractivity contribution in [3.63, 3.8) is 0 Å². The van der Waals surface area contributed by atoms with Gasteiger partial charge in [-0.1, -0.05) is 6.42 Å². The monoisotopic (exact) mass is 342 g/mol. The first-order chi connectivity index (χ1) is 9.66. The van der Waals surface area contributed by atoms with Crippen LogP contribution in [0.1, 0.15) is 36.0 Å². The highest BCUT2D eigenvalue weighted by Gasteiger charge is 2.10. The summed E-state index contributed by atoms with van der Waals surface area (Å²) >= 11 is 3.09. The van der Waals surface area contributed by atoms with Crippen molar-refractivity contribution in [3.05, 3.63) is 34.1 Å². The first kappa shape index (κ1) is 15.4. The van der Waals surface area contributed by atoms with Crippen molar-refractivity contribution in [2.24, 2.45) is 0 Å². The van der Waals surface area contributed by atoms with Crippen molar-refractivity contribution in [2.75, 3.05) is 26.2 Å². The predicted molar refractivity (Wildman–Crippen MR) is 81.3 cm³/mol. The van der Waals surface area contributed by atoms with Gasteiger partial charge in [-0.05, 0) is 73.0 Å². The molecule has 1 amide bonds. The number of piperidine rings is 1. The molecule has 0 aliphatic carbocycles. The Morgan fingerprint density at radius 2 is 2.05 bits per heavy atom. The fourth-order valence-corrected chi connectivity index (χ4v) is 2.81. The Bertz CT molecular complexity index is 461. The standard InChI is InChI=1S/C15H20BrFN2O/c16-13-11-12(5-6-14(13)17)15(20)18-7-4-10-19-8-2-1-3-9-19/h5-6,11H,1-4,7-10H2,(H,18,20). The third-order valence-corrected chi connectivity index (χ3v) is 4.17. The van der Waals surface area contributed by atoms with Crippen LogP contribution in [0.4, 0.5) is 4.39 Å². The molecule has 110 valence electrons. The Kier molecular flexibility index (Phi) is 5.98. The summed E-state index contributed by atoms with van der Waals surface area (Å²) in [7, 11) is 0. The minimum atomic E-state index is -0.355. The van der Waals surface area contributed by atoms with Crippen LogP contribution >= 0.6 is 15.9 Å². The number of likely N-dealkylation sites (tertiary alicyclic amines) is 1. The fraction of sp³-hybridized carbons (Fsp3) is 0.533. The molecule has 0 aromatic heterocycles. The summed E-state index contributed by atoms with van der Waals surface area (Å²) < 4.78 is 13.4. The smallest absolute Gasteiger partial charge is 0.251 e. The lowest BCUT2D eigenvalue weighted by molar-refractivity contribution is 0.0951. The Hall–Kier alpha value is -0.940. The lowest BCUT2D eigenvalue weighted by atomic mass is 10.1. The molecular formula is C15H20BrFN2O. The van der Waals surface area contributed by atoms with Gasteiger partial charge in [0.25, 0.3) is 5.91 Å². The van der Waals surface area contributed by atoms with Crippen LogP contribution in [-0.4, -0.2) is 37.0 Å². The van der Waals surface area contributed by atoms with E-state index in [1.165, 1.54) is 50.6 Å². The van der Waals surface area contributed by atoms with Crippen LogP contribution in [0.5, 0.6) is 0 Å². The van der Waals surface area contributed by atoms with Crippen LogP contribution in [0.3, 0.4) is 0 Å². The summed E-state index contributed by atoms with van der Waals surface area (Å²) in [6.07, 6.45) is 4.87. The summed E-state index contributed by atoms with van der Waals surface area (Å²) in [5, 5.41) is 2.88. The zero-order chi connectivity index (χ0) is 14.4. The zero-order valence-corrected chi connectivity index (χ0v) is 13.1. The van der Waals surface area contributed by atoms with E-state index in [2.05, 4.69) is 26.1 Å². The normalized spacial score (nSPS) is 16.1. The van der Waals surface area contributed by atoms with Crippen molar-refractivity contribution in [1.82, 2.24) is 10.2 Å². The van der Waals surface area contributed by atoms with Gasteiger partial charge in [0.15, 0.2) is 0 Å². The Labute approximate surface area is 127 Å². The molecule has 0 unspecified atom stereocenters. The summed E-state index contributed by atoms with van der Waals surface area (Å²) in [6.45, 7) is 4.05. The molecule has 0 radical (unpaired) electrons. The molecule has 1 heterocycles. The van der Waals surface area contributed by atoms with E-state index in [4.69, 9.17) is 0 Å². The van der Waals surface area contributed by atoms with E-state index in [-0.39, 0.29) is 11.7 Å². The van der Waals surface area contributed by atoms with E-state index in [9.17, 15) is 9.18 Å². The first-order valence-corrected chi connectivity index (χ1v) is 7.92. The summed E-state index contributed by atoms with van der Waals surface area (Å²) in [5.74, 6) is -0.504. The minimum absolute atomic E-state index is 0.149. The number of amides is 1. The topological polar surface area (TPSA) is 32.3 Å². The second-order valence-corrected chi connectivity index (χ2v) is 5.99. The highest BCUT2D eigenvalue weighted by Crippen LogP contribution is 2.16. The third-order valence-electron chi connectivity index (χ3n) is 3.57. The van der Waals surface area contributed by atoms with Gasteiger partial charge in [0.05, 0.1) is 4.47 Å². The maximum Gasteiger partial charge on any atom is 0.251 e. The SMILES string of the molecule is O=C(NCCCN1CCCCC1)c1ccc(F)c(Br)c1. The van der Waals surface area contributed by atoms with Crippen molar-refractivity contribution >= 4 is 21.8 Å². The van der Waals surface area contributed by atoms with Crippen LogP contribution in [0.15, 0.2) is 22.7 Å². The van der Waals surface area contributed by atoms with Gasteiger partial charge in [-0.3, -0.25) is 4.79 Å². The number of nitrogens with one attached hydrogen (secondary N) is 1. The van der Waals surface area contributed by atoms with Crippen LogP contribution in [-0.2, 0) is 0 Å². The van der Waals surface area contributed by atoms with E-state index in [1.54, 1.807) is 0 Å². The Balaban J connectivity index is 1.70. The number of carbonyl (C=O) groups is 1. The summed E-state index contributed by atoms with van der Waals surface area (Å²) in [4.78, 5) is 14.3. The van der Waals surface area contributed by atoms with E-state index in [0.717, 1.165) is 13.0 Å². The van der Waals surface area contributed by atoms with Crippen molar-refractivity contribution in [1.29, 1.82) is 0 Å². The van der Waals surface area contributed by atoms with Crippen molar-refractivity contribution in [3.8, 4) is 0 Å². The molecule has 2 rings (SSSR count). The van der Waals surface area contributed by atoms with E-state index < -0.39 is 0 Å². The van der Waals surface area contributed by atoms with Gasteiger partial charge in [-0.2, -0.15) is 0 Å². The van der Waals surface area contributed by atoms with Crippen LogP contribution in [0, 0.1) is 5.82 Å². The largest absolute Gasteiger partial charge is 0.352 e. The molecule has 0 atom stereocenters. The average Bonchev–Trinajstić information content (AvgIpc) is 2.47. The molecule has 20 heavy (non-hydrogen) atoms. The molecule has 0 saturated carbocycles. The van der Waals surface area contributed by atoms with Gasteiger partial charge in [-0.15, -0.1) is 0 Å². The average molecular weight is 343 g/mol. The lowest BCUT2D eigenvalue weighted by Crippen LogP contribution is -2.33. The van der Waals surface area contributed by atoms with Gasteiger partial charge in [0, 0.05) is 12.1 Å². The molecule has 0 bridgehead atoms. The van der Waals surface area contributed by atoms with Crippen LogP contribution in [0.25, 0.3) is 0 Å². The van der Waals surface area contributed by atoms with E-state index >= 15 is 0 Å². The molecule has 1 aromatic carbocycles. The number of nitrogens with zero attached hydrogens (tertiary/aromatic N) is 1. The number of carbonyl (C=O) groups excluding carboxylic acids is 1. The fourth-order valence-electron chi connectivity index (χ4n) is 2.43. The Morgan fingerprint density at radius 3 is 2.75 bits per heavy atom. The second-order valence-electron chi connectivity index (χ2n) is 5.14. The molecular weight excluding hydrogens is 323 g/mol. The number of rotatable bonds is 5. The number of halogens is 2. The molecule has 1 aliphatic rings. The molecule has 5 heteroatoms. The number of benzene rings is 1. The van der Waals surface area contributed by atoms with Gasteiger partial charge in [0.2, 0.25) is 0 Å². The predicted octanol–water partition coefficient (Wildman–Crippen LogP) is 3.19. The highest BCUT2D eigenvalue weighted by molar-refractivity contribution is 9.10. The Morgan fingerprint density at radius 1 is 1.30 bits per heavy atom. The maximum atomic E-state index is 13.1. The molecule has 1 aliphatic heterocycles. The van der Waals surface area contributed by atoms with Crippen LogP contribution < -0.4 is 5.32 Å². The highest BCUT2D eigenvalue weighted by atomic mass is 79.9. The van der Waals surface area contributed by atoms with Gasteiger partial charge < -0.3 is 10.2 Å². The summed E-state index contributed by atoms with van der Waals surface area (Å²) in [5.41, 5.74) is 0.483. The minimum Gasteiger partial charge on any atom is -0.352 e. The molecule has 1 N–H and O–H groups in total. The van der Waals surface area contributed by atoms with Crippen molar-refractivity contribution in [2.45, 2.75) is 25.7 Å². The molecule has 1 saturated heterocycles. The van der Waals surface area contributed by atoms with Crippen molar-refractivity contribution < 1.29 is 9.18 Å². The van der Waals surface area contributed by atoms with E-state index in [0.29, 0.717) is 16.6 Å². The number of hydrogen-bond acceptors (Lipinski definition) is 2. The lowest BCUT2D eigenvalue weighted by Gasteiger charge is -2.26. The second kappa shape index (κ2) is 7.74. The van der Waals surface area contributed by atoms with E-state index in [1.807, 2.05) is 0 Å². The van der Waals surface area contributed by atoms with Gasteiger partial charge in [-0.25, -0.2) is 4.39 Å². The van der Waals surface area contributed by atoms with Crippen LogP contribution in [0.2, 0.25) is 0 Å². The third kappa shape index (κ3) is 4.56. The van der Waals surface area contributed by atoms with Gasteiger partial charge >= 0.3 is 0 Å². The zero-order valence-electron chi connectivity index (χ0n) is 11.5. The molecule has 0 spiro atoms.